The van der Waals surface area contributed by atoms with Crippen LogP contribution in [-0.2, 0) is 0 Å². The molecule has 0 N–H and O–H groups in total. The second kappa shape index (κ2) is 7.34. The Morgan fingerprint density at radius 3 is 2.46 bits per heavy atom. The number of methoxy groups -OCH3 is 1. The number of hydrogen-bond acceptors (Lipinski definition) is 3. The number of likely N-dealkylation sites (tertiary alicyclic amines) is 1. The molecule has 0 atom stereocenters. The number of hydrogen-bond donors (Lipinski definition) is 0. The number of carbonyl (C=O) groups is 1. The van der Waals surface area contributed by atoms with E-state index < -0.39 is 0 Å². The molecule has 0 saturated carbocycles. The predicted molar refractivity (Wildman–Crippen MR) is 88.9 cm³/mol. The lowest BCUT2D eigenvalue weighted by molar-refractivity contribution is 0.0595. The molecular formula is C19H20FNO3. The summed E-state index contributed by atoms with van der Waals surface area (Å²) in [6.45, 7) is 1.28. The van der Waals surface area contributed by atoms with Crippen LogP contribution in [0.5, 0.6) is 11.5 Å². The minimum Gasteiger partial charge on any atom is -0.497 e. The first-order chi connectivity index (χ1) is 11.7. The van der Waals surface area contributed by atoms with Crippen molar-refractivity contribution >= 4 is 5.91 Å². The van der Waals surface area contributed by atoms with Gasteiger partial charge in [0.25, 0.3) is 5.91 Å². The van der Waals surface area contributed by atoms with Gasteiger partial charge in [0.2, 0.25) is 0 Å². The van der Waals surface area contributed by atoms with Crippen molar-refractivity contribution in [2.45, 2.75) is 18.9 Å². The van der Waals surface area contributed by atoms with Crippen molar-refractivity contribution in [3.63, 3.8) is 0 Å². The maximum absolute atomic E-state index is 12.9. The Hall–Kier alpha value is -2.56. The third kappa shape index (κ3) is 3.85. The summed E-state index contributed by atoms with van der Waals surface area (Å²) in [4.78, 5) is 14.4. The Morgan fingerprint density at radius 2 is 1.79 bits per heavy atom. The van der Waals surface area contributed by atoms with Crippen LogP contribution in [-0.4, -0.2) is 37.1 Å². The Balaban J connectivity index is 1.56. The van der Waals surface area contributed by atoms with Crippen LogP contribution in [0.2, 0.25) is 0 Å². The van der Waals surface area contributed by atoms with Gasteiger partial charge in [0.05, 0.1) is 7.11 Å². The van der Waals surface area contributed by atoms with E-state index in [0.717, 1.165) is 12.8 Å². The summed E-state index contributed by atoms with van der Waals surface area (Å²) in [6, 6.07) is 13.2. The summed E-state index contributed by atoms with van der Waals surface area (Å²) >= 11 is 0. The predicted octanol–water partition coefficient (Wildman–Crippen LogP) is 3.52. The summed E-state index contributed by atoms with van der Waals surface area (Å²) in [7, 11) is 1.59. The molecule has 0 radical (unpaired) electrons. The largest absolute Gasteiger partial charge is 0.497 e. The van der Waals surface area contributed by atoms with Gasteiger partial charge in [-0.15, -0.1) is 0 Å². The molecular weight excluding hydrogens is 309 g/mol. The van der Waals surface area contributed by atoms with Crippen molar-refractivity contribution in [1.29, 1.82) is 0 Å². The molecule has 24 heavy (non-hydrogen) atoms. The highest BCUT2D eigenvalue weighted by Crippen LogP contribution is 2.21. The Morgan fingerprint density at radius 1 is 1.08 bits per heavy atom. The fourth-order valence-corrected chi connectivity index (χ4v) is 2.82. The molecule has 0 bridgehead atoms. The average molecular weight is 329 g/mol. The number of carbonyl (C=O) groups excluding carboxylic acids is 1. The fraction of sp³-hybridized carbons (Fsp3) is 0.316. The molecule has 0 aromatic heterocycles. The summed E-state index contributed by atoms with van der Waals surface area (Å²) < 4.78 is 23.9. The van der Waals surface area contributed by atoms with Crippen molar-refractivity contribution in [2.75, 3.05) is 20.2 Å². The van der Waals surface area contributed by atoms with Gasteiger partial charge in [0, 0.05) is 31.5 Å². The summed E-state index contributed by atoms with van der Waals surface area (Å²) in [5, 5.41) is 0. The van der Waals surface area contributed by atoms with Gasteiger partial charge in [-0.05, 0) is 42.5 Å². The van der Waals surface area contributed by atoms with Crippen molar-refractivity contribution in [2.24, 2.45) is 0 Å². The van der Waals surface area contributed by atoms with Crippen LogP contribution < -0.4 is 9.47 Å². The molecule has 1 heterocycles. The molecule has 2 aromatic carbocycles. The average Bonchev–Trinajstić information content (AvgIpc) is 2.64. The van der Waals surface area contributed by atoms with Crippen LogP contribution in [0, 0.1) is 5.82 Å². The highest BCUT2D eigenvalue weighted by atomic mass is 19.1. The fourth-order valence-electron chi connectivity index (χ4n) is 2.82. The lowest BCUT2D eigenvalue weighted by Crippen LogP contribution is -2.41. The highest BCUT2D eigenvalue weighted by molar-refractivity contribution is 5.94. The third-order valence-electron chi connectivity index (χ3n) is 4.16. The molecule has 0 unspecified atom stereocenters. The van der Waals surface area contributed by atoms with E-state index in [1.807, 2.05) is 17.0 Å². The number of benzene rings is 2. The number of nitrogens with zero attached hydrogens (tertiary/aromatic N) is 1. The number of piperidine rings is 1. The molecule has 5 heteroatoms. The Kier molecular flexibility index (Phi) is 4.99. The van der Waals surface area contributed by atoms with Crippen molar-refractivity contribution in [1.82, 2.24) is 4.90 Å². The number of amides is 1. The van der Waals surface area contributed by atoms with Crippen LogP contribution in [0.1, 0.15) is 23.2 Å². The van der Waals surface area contributed by atoms with Gasteiger partial charge in [0.1, 0.15) is 23.4 Å². The van der Waals surface area contributed by atoms with E-state index in [1.54, 1.807) is 31.4 Å². The molecule has 1 amide bonds. The molecule has 1 aliphatic rings. The minimum absolute atomic E-state index is 0.00846. The second-order valence-corrected chi connectivity index (χ2v) is 5.80. The minimum atomic E-state index is -0.277. The topological polar surface area (TPSA) is 38.8 Å². The standard InChI is InChI=1S/C19H20FNO3/c1-23-18-4-2-3-14(13-18)19(22)21-11-9-17(10-12-21)24-16-7-5-15(20)6-8-16/h2-8,13,17H,9-12H2,1H3. The van der Waals surface area contributed by atoms with Crippen LogP contribution in [0.4, 0.5) is 4.39 Å². The maximum atomic E-state index is 12.9. The zero-order valence-electron chi connectivity index (χ0n) is 13.6. The van der Waals surface area contributed by atoms with E-state index in [2.05, 4.69) is 0 Å². The van der Waals surface area contributed by atoms with Crippen LogP contribution in [0.15, 0.2) is 48.5 Å². The van der Waals surface area contributed by atoms with E-state index in [0.29, 0.717) is 30.2 Å². The molecule has 126 valence electrons. The second-order valence-electron chi connectivity index (χ2n) is 5.80. The van der Waals surface area contributed by atoms with Crippen LogP contribution in [0.3, 0.4) is 0 Å². The maximum Gasteiger partial charge on any atom is 0.253 e. The SMILES string of the molecule is COc1cccc(C(=O)N2CCC(Oc3ccc(F)cc3)CC2)c1. The van der Waals surface area contributed by atoms with E-state index in [1.165, 1.54) is 12.1 Å². The van der Waals surface area contributed by atoms with Gasteiger partial charge >= 0.3 is 0 Å². The zero-order valence-corrected chi connectivity index (χ0v) is 13.6. The van der Waals surface area contributed by atoms with Gasteiger partial charge in [-0.1, -0.05) is 6.07 Å². The Bertz CT molecular complexity index is 694. The molecule has 0 aliphatic carbocycles. The zero-order chi connectivity index (χ0) is 16.9. The highest BCUT2D eigenvalue weighted by Gasteiger charge is 2.24. The third-order valence-corrected chi connectivity index (χ3v) is 4.16. The number of ether oxygens (including phenoxy) is 2. The molecule has 1 fully saturated rings. The number of rotatable bonds is 4. The number of halogens is 1. The van der Waals surface area contributed by atoms with Gasteiger partial charge in [-0.3, -0.25) is 4.79 Å². The summed E-state index contributed by atoms with van der Waals surface area (Å²) in [6.07, 6.45) is 1.56. The van der Waals surface area contributed by atoms with Gasteiger partial charge < -0.3 is 14.4 Å². The van der Waals surface area contributed by atoms with Crippen LogP contribution >= 0.6 is 0 Å². The molecule has 4 nitrogen and oxygen atoms in total. The monoisotopic (exact) mass is 329 g/mol. The lowest BCUT2D eigenvalue weighted by atomic mass is 10.1. The van der Waals surface area contributed by atoms with Gasteiger partial charge in [0.15, 0.2) is 0 Å². The molecule has 0 spiro atoms. The van der Waals surface area contributed by atoms with E-state index >= 15 is 0 Å². The van der Waals surface area contributed by atoms with E-state index in [4.69, 9.17) is 9.47 Å². The van der Waals surface area contributed by atoms with Crippen LogP contribution in [0.25, 0.3) is 0 Å². The van der Waals surface area contributed by atoms with E-state index in [-0.39, 0.29) is 17.8 Å². The first kappa shape index (κ1) is 16.3. The molecule has 3 rings (SSSR count). The Labute approximate surface area is 140 Å². The first-order valence-electron chi connectivity index (χ1n) is 8.01. The van der Waals surface area contributed by atoms with Crippen molar-refractivity contribution < 1.29 is 18.7 Å². The summed E-state index contributed by atoms with van der Waals surface area (Å²) in [5.41, 5.74) is 0.632. The van der Waals surface area contributed by atoms with Gasteiger partial charge in [-0.25, -0.2) is 4.39 Å². The molecule has 1 saturated heterocycles. The first-order valence-corrected chi connectivity index (χ1v) is 8.01. The smallest absolute Gasteiger partial charge is 0.253 e. The summed E-state index contributed by atoms with van der Waals surface area (Å²) in [5.74, 6) is 1.07. The van der Waals surface area contributed by atoms with Crippen molar-refractivity contribution in [3.05, 3.63) is 59.9 Å². The lowest BCUT2D eigenvalue weighted by Gasteiger charge is -2.32. The molecule has 2 aromatic rings. The normalized spacial score (nSPS) is 15.2. The molecule has 1 aliphatic heterocycles. The quantitative estimate of drug-likeness (QED) is 0.861. The van der Waals surface area contributed by atoms with Crippen molar-refractivity contribution in [3.8, 4) is 11.5 Å². The van der Waals surface area contributed by atoms with Gasteiger partial charge in [-0.2, -0.15) is 0 Å². The van der Waals surface area contributed by atoms with E-state index in [9.17, 15) is 9.18 Å².